The summed E-state index contributed by atoms with van der Waals surface area (Å²) in [5.41, 5.74) is 17.3. The Balaban J connectivity index is 1.12. The largest absolute Gasteiger partial charge is 0.442 e. The summed E-state index contributed by atoms with van der Waals surface area (Å²) in [5, 5.41) is 26.2. The van der Waals surface area contributed by atoms with Gasteiger partial charge in [-0.05, 0) is 88.2 Å². The zero-order valence-corrected chi connectivity index (χ0v) is 33.0. The summed E-state index contributed by atoms with van der Waals surface area (Å²) < 4.78 is 5.70. The molecule has 3 fully saturated rings. The number of guanidine groups is 1. The molecule has 2 aliphatic carbocycles. The summed E-state index contributed by atoms with van der Waals surface area (Å²) in [6, 6.07) is 6.09. The number of nitrogens with two attached hydrogens (primary N) is 3. The van der Waals surface area contributed by atoms with Gasteiger partial charge in [0.1, 0.15) is 24.2 Å². The van der Waals surface area contributed by atoms with Gasteiger partial charge in [-0.1, -0.05) is 36.4 Å². The molecule has 0 aromatic heterocycles. The van der Waals surface area contributed by atoms with E-state index in [1.165, 1.54) is 14.7 Å². The van der Waals surface area contributed by atoms with Gasteiger partial charge in [-0.25, -0.2) is 4.79 Å². The van der Waals surface area contributed by atoms with E-state index in [-0.39, 0.29) is 55.7 Å². The summed E-state index contributed by atoms with van der Waals surface area (Å²) in [7, 11) is 1.61. The second-order valence-corrected chi connectivity index (χ2v) is 15.8. The molecule has 10 N–H and O–H groups in total. The van der Waals surface area contributed by atoms with Crippen LogP contribution in [0, 0.1) is 11.8 Å². The molecular formula is C40H61N9O8. The predicted molar refractivity (Wildman–Crippen MR) is 212 cm³/mol. The van der Waals surface area contributed by atoms with Crippen molar-refractivity contribution >= 4 is 35.7 Å². The van der Waals surface area contributed by atoms with Crippen LogP contribution >= 0.6 is 0 Å². The number of carbonyl (C=O) groups excluding carboxylic acids is 5. The van der Waals surface area contributed by atoms with E-state index in [0.29, 0.717) is 83.8 Å². The first-order chi connectivity index (χ1) is 27.3. The van der Waals surface area contributed by atoms with Crippen LogP contribution < -0.4 is 27.8 Å². The minimum atomic E-state index is -0.980. The number of amides is 5. The quantitative estimate of drug-likeness (QED) is 0.0467. The number of rotatable bonds is 17. The number of nitrogens with zero attached hydrogens (tertiary/aromatic N) is 4. The second kappa shape index (κ2) is 20.1. The highest BCUT2D eigenvalue weighted by Crippen LogP contribution is 2.56. The molecule has 314 valence electrons. The van der Waals surface area contributed by atoms with E-state index < -0.39 is 53.8 Å². The molecule has 0 radical (unpaired) electrons. The van der Waals surface area contributed by atoms with E-state index in [4.69, 9.17) is 21.9 Å². The van der Waals surface area contributed by atoms with Gasteiger partial charge in [0.15, 0.2) is 5.96 Å². The maximum absolute atomic E-state index is 14.1. The molecule has 17 nitrogen and oxygen atoms in total. The summed E-state index contributed by atoms with van der Waals surface area (Å²) in [4.78, 5) is 76.0. The van der Waals surface area contributed by atoms with Crippen LogP contribution in [-0.4, -0.2) is 143 Å². The van der Waals surface area contributed by atoms with Crippen molar-refractivity contribution in [1.29, 1.82) is 0 Å². The third-order valence-electron chi connectivity index (χ3n) is 11.8. The van der Waals surface area contributed by atoms with Gasteiger partial charge in [0.05, 0.1) is 11.6 Å². The lowest BCUT2D eigenvalue weighted by Gasteiger charge is -2.31. The average molecular weight is 796 g/mol. The van der Waals surface area contributed by atoms with Gasteiger partial charge in [-0.3, -0.25) is 24.2 Å². The van der Waals surface area contributed by atoms with Crippen LogP contribution in [0.15, 0.2) is 47.5 Å². The number of fused-ring (bicyclic) bond motifs is 1. The van der Waals surface area contributed by atoms with Gasteiger partial charge in [0, 0.05) is 52.3 Å². The maximum atomic E-state index is 14.1. The Morgan fingerprint density at radius 2 is 1.70 bits per heavy atom. The zero-order chi connectivity index (χ0) is 41.1. The van der Waals surface area contributed by atoms with Crippen LogP contribution in [-0.2, 0) is 30.3 Å². The van der Waals surface area contributed by atoms with Crippen LogP contribution in [0.2, 0.25) is 0 Å². The van der Waals surface area contributed by atoms with Gasteiger partial charge in [-0.2, -0.15) is 0 Å². The molecule has 5 rings (SSSR count). The number of allylic oxidation sites excluding steroid dienone is 1. The smallest absolute Gasteiger partial charge is 0.410 e. The number of benzene rings is 1. The molecule has 5 amide bonds. The minimum Gasteiger partial charge on any atom is -0.442 e. The van der Waals surface area contributed by atoms with Crippen molar-refractivity contribution in [3.05, 3.63) is 48.0 Å². The van der Waals surface area contributed by atoms with Gasteiger partial charge in [0.25, 0.3) is 0 Å². The van der Waals surface area contributed by atoms with Crippen LogP contribution in [0.4, 0.5) is 4.79 Å². The van der Waals surface area contributed by atoms with Crippen LogP contribution in [0.1, 0.15) is 69.8 Å². The fourth-order valence-electron chi connectivity index (χ4n) is 8.55. The molecule has 2 saturated heterocycles. The molecule has 57 heavy (non-hydrogen) atoms. The van der Waals surface area contributed by atoms with Crippen molar-refractivity contribution < 1.29 is 38.9 Å². The number of ether oxygens (including phenoxy) is 1. The van der Waals surface area contributed by atoms with E-state index in [1.54, 1.807) is 7.05 Å². The Bertz CT molecular complexity index is 1620. The van der Waals surface area contributed by atoms with Gasteiger partial charge in [0.2, 0.25) is 23.6 Å². The summed E-state index contributed by atoms with van der Waals surface area (Å²) in [6.07, 6.45) is 7.79. The number of hydrogen-bond donors (Lipinski definition) is 7. The number of aliphatic hydroxyl groups excluding tert-OH is 1. The lowest BCUT2D eigenvalue weighted by atomic mass is 10.0. The van der Waals surface area contributed by atoms with E-state index in [9.17, 15) is 34.2 Å². The van der Waals surface area contributed by atoms with Crippen LogP contribution in [0.5, 0.6) is 0 Å². The SMILES string of the molecule is CN(CCCNC(=O)[C@@H]1CCCN1C(=O)[C@H](CCCN=C(N)N)NC(=O)[C@@H]1CCCN1C(=O)[C@H](N)Cc1ccccc1)C(=O)OC1/C=C/CC[C@]2(O)C(CO)C2C1. The first-order valence-electron chi connectivity index (χ1n) is 20.3. The molecule has 1 aromatic rings. The van der Waals surface area contributed by atoms with Crippen molar-refractivity contribution in [2.24, 2.45) is 34.0 Å². The lowest BCUT2D eigenvalue weighted by molar-refractivity contribution is -0.143. The van der Waals surface area contributed by atoms with Crippen molar-refractivity contribution in [3.63, 3.8) is 0 Å². The fraction of sp³-hybridized carbons (Fsp3) is 0.650. The Labute approximate surface area is 334 Å². The van der Waals surface area contributed by atoms with Crippen LogP contribution in [0.25, 0.3) is 0 Å². The molecule has 8 atom stereocenters. The normalized spacial score (nSPS) is 26.8. The maximum Gasteiger partial charge on any atom is 0.410 e. The standard InChI is InChI=1S/C40H61N9O8/c1-47(39(55)57-27-13-5-6-17-40(56)28(24-27)29(40)25-50)20-10-19-44-34(51)32-15-8-22-49(32)37(54)31(14-7-18-45-38(42)43)46-35(52)33-16-9-21-48(33)36(53)30(41)23-26-11-3-2-4-12-26/h2-5,11-13,27-33,50,56H,6-10,14-25,41H2,1H3,(H,44,51)(H,46,52)(H4,42,43,45)/b13-5+/t27?,28?,29?,30-,31+,32+,33+,40-/m1/s1. The Hall–Kier alpha value is -4.74. The van der Waals surface area contributed by atoms with Crippen LogP contribution in [0.3, 0.4) is 0 Å². The molecule has 2 aliphatic heterocycles. The van der Waals surface area contributed by atoms with E-state index in [0.717, 1.165) is 5.56 Å². The summed E-state index contributed by atoms with van der Waals surface area (Å²) in [6.45, 7) is 1.40. The predicted octanol–water partition coefficient (Wildman–Crippen LogP) is -0.270. The van der Waals surface area contributed by atoms with Crippen molar-refractivity contribution in [2.45, 2.75) is 107 Å². The Kier molecular flexibility index (Phi) is 15.3. The van der Waals surface area contributed by atoms with Gasteiger partial charge >= 0.3 is 6.09 Å². The van der Waals surface area contributed by atoms with Gasteiger partial charge < -0.3 is 57.5 Å². The highest BCUT2D eigenvalue weighted by molar-refractivity contribution is 5.95. The average Bonchev–Trinajstić information content (AvgIpc) is 3.62. The summed E-state index contributed by atoms with van der Waals surface area (Å²) in [5.74, 6) is -1.92. The first-order valence-corrected chi connectivity index (χ1v) is 20.3. The highest BCUT2D eigenvalue weighted by atomic mass is 16.6. The van der Waals surface area contributed by atoms with Crippen molar-refractivity contribution in [1.82, 2.24) is 25.3 Å². The molecule has 2 heterocycles. The molecule has 3 unspecified atom stereocenters. The highest BCUT2D eigenvalue weighted by Gasteiger charge is 2.63. The number of nitrogens with one attached hydrogen (secondary N) is 2. The molecule has 1 saturated carbocycles. The van der Waals surface area contributed by atoms with E-state index in [1.807, 2.05) is 42.5 Å². The number of hydrogen-bond acceptors (Lipinski definition) is 10. The first kappa shape index (κ1) is 43.4. The number of aliphatic imine (C=N–C) groups is 1. The molecule has 4 aliphatic rings. The minimum absolute atomic E-state index is 0.0888. The second-order valence-electron chi connectivity index (χ2n) is 15.8. The van der Waals surface area contributed by atoms with E-state index in [2.05, 4.69) is 15.6 Å². The van der Waals surface area contributed by atoms with E-state index >= 15 is 0 Å². The third kappa shape index (κ3) is 11.2. The molecule has 17 heteroatoms. The lowest BCUT2D eigenvalue weighted by Crippen LogP contribution is -2.57. The number of aliphatic hydroxyl groups is 2. The third-order valence-corrected chi connectivity index (χ3v) is 11.8. The zero-order valence-electron chi connectivity index (χ0n) is 33.0. The van der Waals surface area contributed by atoms with Crippen molar-refractivity contribution in [2.75, 3.05) is 46.4 Å². The molecule has 0 spiro atoms. The molecule has 1 aromatic carbocycles. The fourth-order valence-corrected chi connectivity index (χ4v) is 8.55. The monoisotopic (exact) mass is 795 g/mol. The topological polar surface area (TPSA) is 259 Å². The number of carbonyl (C=O) groups is 5. The Morgan fingerprint density at radius 3 is 2.39 bits per heavy atom. The molecule has 0 bridgehead atoms. The number of likely N-dealkylation sites (tertiary alicyclic amines) is 2. The molecular weight excluding hydrogens is 734 g/mol. The Morgan fingerprint density at radius 1 is 1.02 bits per heavy atom. The summed E-state index contributed by atoms with van der Waals surface area (Å²) >= 11 is 0. The van der Waals surface area contributed by atoms with Gasteiger partial charge in [-0.15, -0.1) is 0 Å². The van der Waals surface area contributed by atoms with Crippen molar-refractivity contribution in [3.8, 4) is 0 Å².